The first-order valence-electron chi connectivity index (χ1n) is 6.73. The molecular weight excluding hydrogens is 304 g/mol. The van der Waals surface area contributed by atoms with Crippen molar-refractivity contribution in [1.82, 2.24) is 4.98 Å². The second-order valence-corrected chi connectivity index (χ2v) is 4.71. The van der Waals surface area contributed by atoms with E-state index in [0.29, 0.717) is 17.9 Å². The number of nitriles is 1. The van der Waals surface area contributed by atoms with Gasteiger partial charge in [-0.1, -0.05) is 6.07 Å². The van der Waals surface area contributed by atoms with Crippen LogP contribution in [0.3, 0.4) is 0 Å². The molecule has 23 heavy (non-hydrogen) atoms. The summed E-state index contributed by atoms with van der Waals surface area (Å²) in [6.07, 6.45) is 1.60. The molecule has 1 aromatic carbocycles. The van der Waals surface area contributed by atoms with Gasteiger partial charge in [-0.3, -0.25) is 0 Å². The molecule has 0 aliphatic rings. The van der Waals surface area contributed by atoms with Crippen LogP contribution < -0.4 is 14.4 Å². The Morgan fingerprint density at radius 2 is 2.09 bits per heavy atom. The monoisotopic (exact) mass is 319 g/mol. The van der Waals surface area contributed by atoms with Gasteiger partial charge in [0.1, 0.15) is 11.9 Å². The second kappa shape index (κ2) is 7.40. The highest BCUT2D eigenvalue weighted by Crippen LogP contribution is 2.30. The zero-order valence-electron chi connectivity index (χ0n) is 12.7. The van der Waals surface area contributed by atoms with Crippen molar-refractivity contribution in [2.45, 2.75) is 13.2 Å². The molecule has 0 fully saturated rings. The Labute approximate surface area is 132 Å². The van der Waals surface area contributed by atoms with Crippen molar-refractivity contribution >= 4 is 5.82 Å². The van der Waals surface area contributed by atoms with Gasteiger partial charge in [0.25, 0.3) is 0 Å². The lowest BCUT2D eigenvalue weighted by atomic mass is 10.1. The quantitative estimate of drug-likeness (QED) is 0.818. The third-order valence-electron chi connectivity index (χ3n) is 3.13. The molecular formula is C16H15F2N3O2. The number of hydrogen-bond donors (Lipinski definition) is 0. The SMILES string of the molecule is COc1cc(CN(C)c2ncccc2C#N)ccc1OC(F)F. The van der Waals surface area contributed by atoms with Crippen LogP contribution in [0.1, 0.15) is 11.1 Å². The van der Waals surface area contributed by atoms with Crippen LogP contribution in [0.2, 0.25) is 0 Å². The normalized spacial score (nSPS) is 10.3. The van der Waals surface area contributed by atoms with Gasteiger partial charge in [-0.15, -0.1) is 0 Å². The van der Waals surface area contributed by atoms with E-state index in [1.807, 2.05) is 0 Å². The lowest BCUT2D eigenvalue weighted by molar-refractivity contribution is -0.0512. The number of alkyl halides is 2. The van der Waals surface area contributed by atoms with Crippen LogP contribution in [-0.2, 0) is 6.54 Å². The summed E-state index contributed by atoms with van der Waals surface area (Å²) < 4.78 is 34.1. The third-order valence-corrected chi connectivity index (χ3v) is 3.13. The van der Waals surface area contributed by atoms with Crippen molar-refractivity contribution in [2.24, 2.45) is 0 Å². The minimum Gasteiger partial charge on any atom is -0.493 e. The number of benzene rings is 1. The van der Waals surface area contributed by atoms with Crippen molar-refractivity contribution in [3.63, 3.8) is 0 Å². The molecule has 7 heteroatoms. The highest BCUT2D eigenvalue weighted by molar-refractivity contribution is 5.53. The summed E-state index contributed by atoms with van der Waals surface area (Å²) in [5.41, 5.74) is 1.26. The Morgan fingerprint density at radius 1 is 1.30 bits per heavy atom. The Hall–Kier alpha value is -2.88. The van der Waals surface area contributed by atoms with Gasteiger partial charge in [-0.25, -0.2) is 4.98 Å². The first-order chi connectivity index (χ1) is 11.0. The molecule has 0 radical (unpaired) electrons. The molecule has 1 heterocycles. The third kappa shape index (κ3) is 4.07. The zero-order chi connectivity index (χ0) is 16.8. The summed E-state index contributed by atoms with van der Waals surface area (Å²) >= 11 is 0. The van der Waals surface area contributed by atoms with Gasteiger partial charge in [0.2, 0.25) is 0 Å². The number of aromatic nitrogens is 1. The summed E-state index contributed by atoms with van der Waals surface area (Å²) in [5, 5.41) is 9.11. The summed E-state index contributed by atoms with van der Waals surface area (Å²) in [5.74, 6) is 0.740. The number of halogens is 2. The molecule has 0 saturated carbocycles. The van der Waals surface area contributed by atoms with Gasteiger partial charge in [0.05, 0.1) is 12.7 Å². The molecule has 0 aliphatic heterocycles. The number of hydrogen-bond acceptors (Lipinski definition) is 5. The van der Waals surface area contributed by atoms with E-state index in [9.17, 15) is 8.78 Å². The van der Waals surface area contributed by atoms with Gasteiger partial charge in [-0.2, -0.15) is 14.0 Å². The van der Waals surface area contributed by atoms with E-state index in [2.05, 4.69) is 15.8 Å². The number of rotatable bonds is 6. The number of anilines is 1. The Bertz CT molecular complexity index is 717. The maximum atomic E-state index is 12.3. The molecule has 0 unspecified atom stereocenters. The van der Waals surface area contributed by atoms with E-state index in [4.69, 9.17) is 10.00 Å². The smallest absolute Gasteiger partial charge is 0.387 e. The number of methoxy groups -OCH3 is 1. The van der Waals surface area contributed by atoms with Crippen LogP contribution in [0.4, 0.5) is 14.6 Å². The number of ether oxygens (including phenoxy) is 2. The highest BCUT2D eigenvalue weighted by Gasteiger charge is 2.13. The Balaban J connectivity index is 2.21. The van der Waals surface area contributed by atoms with E-state index >= 15 is 0 Å². The molecule has 1 aromatic heterocycles. The maximum Gasteiger partial charge on any atom is 0.387 e. The molecule has 0 atom stereocenters. The fourth-order valence-corrected chi connectivity index (χ4v) is 2.14. The molecule has 120 valence electrons. The lowest BCUT2D eigenvalue weighted by Crippen LogP contribution is -2.19. The standard InChI is InChI=1S/C16H15F2N3O2/c1-21(15-12(9-19)4-3-7-20-15)10-11-5-6-13(23-16(17)18)14(8-11)22-2/h3-8,16H,10H2,1-2H3. The molecule has 0 amide bonds. The summed E-state index contributed by atoms with van der Waals surface area (Å²) in [6.45, 7) is -2.49. The summed E-state index contributed by atoms with van der Waals surface area (Å²) in [7, 11) is 3.17. The number of nitrogens with zero attached hydrogens (tertiary/aromatic N) is 3. The van der Waals surface area contributed by atoms with Crippen molar-refractivity contribution < 1.29 is 18.3 Å². The van der Waals surface area contributed by atoms with Crippen molar-refractivity contribution in [3.8, 4) is 17.6 Å². The fraction of sp³-hybridized carbons (Fsp3) is 0.250. The van der Waals surface area contributed by atoms with Crippen molar-refractivity contribution in [2.75, 3.05) is 19.1 Å². The van der Waals surface area contributed by atoms with Crippen LogP contribution in [0.15, 0.2) is 36.5 Å². The molecule has 2 aromatic rings. The van der Waals surface area contributed by atoms with Crippen LogP contribution in [0.5, 0.6) is 11.5 Å². The maximum absolute atomic E-state index is 12.3. The molecule has 0 aliphatic carbocycles. The van der Waals surface area contributed by atoms with Gasteiger partial charge in [0.15, 0.2) is 11.5 Å². The second-order valence-electron chi connectivity index (χ2n) is 4.71. The summed E-state index contributed by atoms with van der Waals surface area (Å²) in [4.78, 5) is 5.99. The van der Waals surface area contributed by atoms with Crippen LogP contribution in [-0.4, -0.2) is 25.8 Å². The first-order valence-corrected chi connectivity index (χ1v) is 6.73. The van der Waals surface area contributed by atoms with Crippen LogP contribution in [0.25, 0.3) is 0 Å². The van der Waals surface area contributed by atoms with Gasteiger partial charge in [0, 0.05) is 19.8 Å². The summed E-state index contributed by atoms with van der Waals surface area (Å²) in [6, 6.07) is 10.2. The molecule has 0 N–H and O–H groups in total. The van der Waals surface area contributed by atoms with E-state index in [0.717, 1.165) is 5.56 Å². The fourth-order valence-electron chi connectivity index (χ4n) is 2.14. The van der Waals surface area contributed by atoms with Crippen molar-refractivity contribution in [3.05, 3.63) is 47.7 Å². The predicted molar refractivity (Wildman–Crippen MR) is 80.7 cm³/mol. The minimum atomic E-state index is -2.91. The van der Waals surface area contributed by atoms with Gasteiger partial charge < -0.3 is 14.4 Å². The average molecular weight is 319 g/mol. The molecule has 0 bridgehead atoms. The molecule has 2 rings (SSSR count). The molecule has 5 nitrogen and oxygen atoms in total. The van der Waals surface area contributed by atoms with Crippen molar-refractivity contribution in [1.29, 1.82) is 5.26 Å². The Morgan fingerprint density at radius 3 is 2.74 bits per heavy atom. The van der Waals surface area contributed by atoms with Gasteiger partial charge >= 0.3 is 6.61 Å². The average Bonchev–Trinajstić information content (AvgIpc) is 2.55. The van der Waals surface area contributed by atoms with Gasteiger partial charge in [-0.05, 0) is 29.8 Å². The van der Waals surface area contributed by atoms with E-state index in [1.165, 1.54) is 13.2 Å². The first kappa shape index (κ1) is 16.5. The highest BCUT2D eigenvalue weighted by atomic mass is 19.3. The lowest BCUT2D eigenvalue weighted by Gasteiger charge is -2.20. The minimum absolute atomic E-state index is 0.0237. The van der Waals surface area contributed by atoms with Crippen LogP contribution in [0, 0.1) is 11.3 Å². The predicted octanol–water partition coefficient (Wildman–Crippen LogP) is 3.20. The van der Waals surface area contributed by atoms with E-state index < -0.39 is 6.61 Å². The zero-order valence-corrected chi connectivity index (χ0v) is 12.7. The molecule has 0 spiro atoms. The van der Waals surface area contributed by atoms with E-state index in [-0.39, 0.29) is 11.5 Å². The largest absolute Gasteiger partial charge is 0.493 e. The number of pyridine rings is 1. The topological polar surface area (TPSA) is 58.4 Å². The van der Waals surface area contributed by atoms with E-state index in [1.54, 1.807) is 42.4 Å². The van der Waals surface area contributed by atoms with Crippen LogP contribution >= 0.6 is 0 Å². The Kier molecular flexibility index (Phi) is 5.31. The molecule has 0 saturated heterocycles.